The van der Waals surface area contributed by atoms with Crippen molar-refractivity contribution in [2.45, 2.75) is 52.5 Å². The Morgan fingerprint density at radius 1 is 1.47 bits per heavy atom. The maximum absolute atomic E-state index is 12.4. The zero-order valence-electron chi connectivity index (χ0n) is 13.1. The van der Waals surface area contributed by atoms with E-state index in [9.17, 15) is 4.79 Å². The molecule has 0 aromatic carbocycles. The van der Waals surface area contributed by atoms with E-state index in [1.54, 1.807) is 0 Å². The highest BCUT2D eigenvalue weighted by Gasteiger charge is 2.37. The maximum Gasteiger partial charge on any atom is 0.227 e. The van der Waals surface area contributed by atoms with Crippen LogP contribution in [0.1, 0.15) is 46.5 Å². The number of carbonyl (C=O) groups is 1. The summed E-state index contributed by atoms with van der Waals surface area (Å²) >= 11 is 0. The van der Waals surface area contributed by atoms with Gasteiger partial charge in [0.15, 0.2) is 0 Å². The first-order valence-electron chi connectivity index (χ1n) is 7.75. The predicted octanol–water partition coefficient (Wildman–Crippen LogP) is 1.61. The Hall–Kier alpha value is -0.610. The first-order valence-corrected chi connectivity index (χ1v) is 7.75. The van der Waals surface area contributed by atoms with E-state index in [1.807, 2.05) is 0 Å². The van der Waals surface area contributed by atoms with E-state index >= 15 is 0 Å². The Balaban J connectivity index is 2.37. The Labute approximate surface area is 118 Å². The topological polar surface area (TPSA) is 44.4 Å². The van der Waals surface area contributed by atoms with Gasteiger partial charge in [0.25, 0.3) is 0 Å². The molecule has 0 bridgehead atoms. The Morgan fingerprint density at radius 3 is 2.74 bits per heavy atom. The van der Waals surface area contributed by atoms with Crippen molar-refractivity contribution in [1.29, 1.82) is 0 Å². The normalized spacial score (nSPS) is 25.3. The van der Waals surface area contributed by atoms with E-state index in [-0.39, 0.29) is 11.3 Å². The second-order valence-corrected chi connectivity index (χ2v) is 5.91. The molecule has 1 aliphatic rings. The lowest BCUT2D eigenvalue weighted by Gasteiger charge is -2.35. The first-order chi connectivity index (χ1) is 9.05. The number of nitrogens with zero attached hydrogens (tertiary/aromatic N) is 1. The molecular formula is C15H31N3O. The molecule has 0 radical (unpaired) electrons. The minimum Gasteiger partial charge on any atom is -0.354 e. The van der Waals surface area contributed by atoms with Gasteiger partial charge in [-0.15, -0.1) is 0 Å². The molecule has 0 aliphatic carbocycles. The van der Waals surface area contributed by atoms with Gasteiger partial charge in [-0.3, -0.25) is 4.79 Å². The lowest BCUT2D eigenvalue weighted by atomic mass is 9.77. The molecule has 0 aromatic rings. The van der Waals surface area contributed by atoms with Crippen molar-refractivity contribution in [2.24, 2.45) is 5.41 Å². The van der Waals surface area contributed by atoms with Crippen LogP contribution in [0, 0.1) is 5.41 Å². The number of piperidine rings is 1. The summed E-state index contributed by atoms with van der Waals surface area (Å²) in [6, 6.07) is 0.577. The molecule has 1 saturated heterocycles. The summed E-state index contributed by atoms with van der Waals surface area (Å²) in [4.78, 5) is 14.7. The highest BCUT2D eigenvalue weighted by Crippen LogP contribution is 2.30. The molecule has 1 rings (SSSR count). The average Bonchev–Trinajstić information content (AvgIpc) is 2.46. The summed E-state index contributed by atoms with van der Waals surface area (Å²) in [5.41, 5.74) is -0.173. The Kier molecular flexibility index (Phi) is 6.80. The zero-order valence-corrected chi connectivity index (χ0v) is 13.1. The van der Waals surface area contributed by atoms with Crippen LogP contribution in [0.25, 0.3) is 0 Å². The zero-order chi connectivity index (χ0) is 14.3. The van der Waals surface area contributed by atoms with Gasteiger partial charge in [-0.1, -0.05) is 13.8 Å². The fourth-order valence-electron chi connectivity index (χ4n) is 2.69. The van der Waals surface area contributed by atoms with E-state index < -0.39 is 0 Å². The van der Waals surface area contributed by atoms with E-state index in [2.05, 4.69) is 43.4 Å². The number of nitrogens with one attached hydrogen (secondary N) is 2. The number of carbonyl (C=O) groups excluding carboxylic acids is 1. The van der Waals surface area contributed by atoms with Crippen molar-refractivity contribution in [2.75, 3.05) is 33.2 Å². The third-order valence-corrected chi connectivity index (χ3v) is 4.72. The van der Waals surface area contributed by atoms with Crippen LogP contribution in [0.15, 0.2) is 0 Å². The van der Waals surface area contributed by atoms with Crippen LogP contribution >= 0.6 is 0 Å². The van der Waals surface area contributed by atoms with Crippen LogP contribution in [0.2, 0.25) is 0 Å². The summed E-state index contributed by atoms with van der Waals surface area (Å²) in [7, 11) is 2.12. The van der Waals surface area contributed by atoms with Crippen molar-refractivity contribution in [3.05, 3.63) is 0 Å². The van der Waals surface area contributed by atoms with Crippen molar-refractivity contribution < 1.29 is 4.79 Å². The number of amides is 1. The minimum atomic E-state index is -0.173. The highest BCUT2D eigenvalue weighted by atomic mass is 16.2. The van der Waals surface area contributed by atoms with E-state index in [0.29, 0.717) is 6.04 Å². The van der Waals surface area contributed by atoms with Crippen LogP contribution in [-0.2, 0) is 4.79 Å². The van der Waals surface area contributed by atoms with Gasteiger partial charge in [-0.05, 0) is 46.2 Å². The fourth-order valence-corrected chi connectivity index (χ4v) is 2.69. The molecule has 1 amide bonds. The highest BCUT2D eigenvalue weighted by molar-refractivity contribution is 5.83. The third kappa shape index (κ3) is 4.46. The van der Waals surface area contributed by atoms with Gasteiger partial charge in [0.1, 0.15) is 0 Å². The molecule has 0 spiro atoms. The molecule has 0 saturated carbocycles. The van der Waals surface area contributed by atoms with Crippen LogP contribution in [0.5, 0.6) is 0 Å². The van der Waals surface area contributed by atoms with Crippen LogP contribution in [0.4, 0.5) is 0 Å². The summed E-state index contributed by atoms with van der Waals surface area (Å²) in [6.07, 6.45) is 4.19. The molecule has 112 valence electrons. The number of hydrogen-bond acceptors (Lipinski definition) is 3. The second-order valence-electron chi connectivity index (χ2n) is 5.91. The predicted molar refractivity (Wildman–Crippen MR) is 80.2 cm³/mol. The van der Waals surface area contributed by atoms with Gasteiger partial charge in [0, 0.05) is 25.7 Å². The van der Waals surface area contributed by atoms with Crippen molar-refractivity contribution in [1.82, 2.24) is 15.5 Å². The summed E-state index contributed by atoms with van der Waals surface area (Å²) < 4.78 is 0. The van der Waals surface area contributed by atoms with E-state index in [0.717, 1.165) is 51.9 Å². The maximum atomic E-state index is 12.4. The largest absolute Gasteiger partial charge is 0.354 e. The van der Waals surface area contributed by atoms with Crippen LogP contribution in [0.3, 0.4) is 0 Å². The first kappa shape index (κ1) is 16.4. The third-order valence-electron chi connectivity index (χ3n) is 4.72. The van der Waals surface area contributed by atoms with Crippen LogP contribution in [-0.4, -0.2) is 50.1 Å². The Morgan fingerprint density at radius 2 is 2.21 bits per heavy atom. The molecule has 1 heterocycles. The number of hydrogen-bond donors (Lipinski definition) is 2. The Bertz CT molecular complexity index is 275. The fraction of sp³-hybridized carbons (Fsp3) is 0.933. The molecular weight excluding hydrogens is 238 g/mol. The van der Waals surface area contributed by atoms with E-state index in [1.165, 1.54) is 0 Å². The number of rotatable bonds is 7. The van der Waals surface area contributed by atoms with Crippen molar-refractivity contribution in [3.8, 4) is 0 Å². The lowest BCUT2D eigenvalue weighted by molar-refractivity contribution is -0.132. The molecule has 2 atom stereocenters. The lowest BCUT2D eigenvalue weighted by Crippen LogP contribution is -2.51. The van der Waals surface area contributed by atoms with Crippen molar-refractivity contribution >= 4 is 5.91 Å². The standard InChI is InChI=1S/C15H31N3O/c1-5-13(3)18(4)11-10-17-14(19)15(6-2)8-7-9-16-12-15/h13,16H,5-12H2,1-4H3,(H,17,19). The molecule has 19 heavy (non-hydrogen) atoms. The summed E-state index contributed by atoms with van der Waals surface area (Å²) in [6.45, 7) is 10.1. The molecule has 2 unspecified atom stereocenters. The average molecular weight is 269 g/mol. The summed E-state index contributed by atoms with van der Waals surface area (Å²) in [5, 5.41) is 6.50. The molecule has 1 fully saturated rings. The molecule has 2 N–H and O–H groups in total. The van der Waals surface area contributed by atoms with Gasteiger partial charge in [0.2, 0.25) is 5.91 Å². The molecule has 4 heteroatoms. The SMILES string of the molecule is CCC(C)N(C)CCNC(=O)C1(CC)CCCNC1. The molecule has 1 aliphatic heterocycles. The van der Waals surface area contributed by atoms with Gasteiger partial charge < -0.3 is 15.5 Å². The summed E-state index contributed by atoms with van der Waals surface area (Å²) in [5.74, 6) is 0.236. The van der Waals surface area contributed by atoms with Gasteiger partial charge >= 0.3 is 0 Å². The van der Waals surface area contributed by atoms with Gasteiger partial charge in [-0.25, -0.2) is 0 Å². The second kappa shape index (κ2) is 7.85. The molecule has 0 aromatic heterocycles. The minimum absolute atomic E-state index is 0.173. The van der Waals surface area contributed by atoms with Gasteiger partial charge in [-0.2, -0.15) is 0 Å². The molecule has 4 nitrogen and oxygen atoms in total. The van der Waals surface area contributed by atoms with Crippen LogP contribution < -0.4 is 10.6 Å². The van der Waals surface area contributed by atoms with Crippen molar-refractivity contribution in [3.63, 3.8) is 0 Å². The number of likely N-dealkylation sites (N-methyl/N-ethyl adjacent to an activating group) is 1. The van der Waals surface area contributed by atoms with E-state index in [4.69, 9.17) is 0 Å². The van der Waals surface area contributed by atoms with Gasteiger partial charge in [0.05, 0.1) is 5.41 Å². The quantitative estimate of drug-likeness (QED) is 0.738. The smallest absolute Gasteiger partial charge is 0.227 e. The monoisotopic (exact) mass is 269 g/mol.